The zero-order valence-corrected chi connectivity index (χ0v) is 14.5. The van der Waals surface area contributed by atoms with E-state index in [0.29, 0.717) is 11.8 Å². The predicted molar refractivity (Wildman–Crippen MR) is 90.6 cm³/mol. The summed E-state index contributed by atoms with van der Waals surface area (Å²) in [6.45, 7) is 10.8. The molecule has 0 saturated carbocycles. The zero-order chi connectivity index (χ0) is 15.5. The number of nitrogens with zero attached hydrogens (tertiary/aromatic N) is 4. The molecule has 0 aliphatic heterocycles. The van der Waals surface area contributed by atoms with E-state index in [1.54, 1.807) is 0 Å². The van der Waals surface area contributed by atoms with Crippen molar-refractivity contribution in [3.63, 3.8) is 0 Å². The second-order valence-electron chi connectivity index (χ2n) is 6.30. The molecule has 0 aromatic carbocycles. The number of hydrogen-bond donors (Lipinski definition) is 0. The van der Waals surface area contributed by atoms with Gasteiger partial charge >= 0.3 is 0 Å². The van der Waals surface area contributed by atoms with Crippen LogP contribution in [0.1, 0.15) is 40.5 Å². The average molecular weight is 282 g/mol. The Balaban J connectivity index is 4.21. The summed E-state index contributed by atoms with van der Waals surface area (Å²) in [7, 11) is 6.05. The first-order chi connectivity index (χ1) is 9.36. The highest BCUT2D eigenvalue weighted by Gasteiger charge is 2.13. The van der Waals surface area contributed by atoms with Crippen LogP contribution >= 0.6 is 0 Å². The molecular formula is C16H34N4. The average Bonchev–Trinajstić information content (AvgIpc) is 2.38. The van der Waals surface area contributed by atoms with Gasteiger partial charge < -0.3 is 9.91 Å². The Morgan fingerprint density at radius 1 is 1.10 bits per heavy atom. The van der Waals surface area contributed by atoms with Crippen LogP contribution in [0, 0.1) is 17.8 Å². The highest BCUT2D eigenvalue weighted by molar-refractivity contribution is 5.60. The van der Waals surface area contributed by atoms with Crippen LogP contribution in [0.2, 0.25) is 0 Å². The third kappa shape index (κ3) is 9.82. The van der Waals surface area contributed by atoms with Gasteiger partial charge in [-0.05, 0) is 24.2 Å². The Morgan fingerprint density at radius 3 is 2.25 bits per heavy atom. The van der Waals surface area contributed by atoms with Gasteiger partial charge in [0.2, 0.25) is 0 Å². The molecule has 4 nitrogen and oxygen atoms in total. The number of hydrogen-bond acceptors (Lipinski definition) is 3. The maximum Gasteiger partial charge on any atom is 0.0844 e. The van der Waals surface area contributed by atoms with E-state index < -0.39 is 0 Å². The lowest BCUT2D eigenvalue weighted by atomic mass is 9.93. The molecule has 118 valence electrons. The van der Waals surface area contributed by atoms with Gasteiger partial charge in [0, 0.05) is 40.4 Å². The van der Waals surface area contributed by atoms with E-state index >= 15 is 0 Å². The Bertz CT molecular complexity index is 284. The van der Waals surface area contributed by atoms with E-state index in [2.05, 4.69) is 51.1 Å². The molecule has 0 N–H and O–H groups in total. The highest BCUT2D eigenvalue weighted by atomic mass is 15.4. The number of aliphatic imine (C=N–C) groups is 1. The first-order valence-corrected chi connectivity index (χ1v) is 7.78. The lowest BCUT2D eigenvalue weighted by molar-refractivity contribution is 0.323. The number of rotatable bonds is 10. The maximum atomic E-state index is 4.55. The molecule has 0 bridgehead atoms. The van der Waals surface area contributed by atoms with Gasteiger partial charge in [0.15, 0.2) is 0 Å². The molecule has 20 heavy (non-hydrogen) atoms. The largest absolute Gasteiger partial charge is 0.369 e. The van der Waals surface area contributed by atoms with Gasteiger partial charge in [0.25, 0.3) is 0 Å². The summed E-state index contributed by atoms with van der Waals surface area (Å²) >= 11 is 0. The van der Waals surface area contributed by atoms with Crippen molar-refractivity contribution in [3.05, 3.63) is 0 Å². The van der Waals surface area contributed by atoms with Crippen LogP contribution < -0.4 is 0 Å². The Hall–Kier alpha value is -1.06. The Kier molecular flexibility index (Phi) is 10.1. The topological polar surface area (TPSA) is 31.2 Å². The third-order valence-electron chi connectivity index (χ3n) is 3.45. The molecule has 0 aromatic heterocycles. The molecule has 0 radical (unpaired) electrons. The minimum absolute atomic E-state index is 0.459. The van der Waals surface area contributed by atoms with E-state index in [0.717, 1.165) is 25.4 Å². The van der Waals surface area contributed by atoms with Crippen LogP contribution in [0.15, 0.2) is 10.1 Å². The molecule has 0 fully saturated rings. The van der Waals surface area contributed by atoms with Gasteiger partial charge in [0.05, 0.1) is 6.34 Å². The standard InChI is InChI=1S/C16H34N4/c1-8-16(12-17-13-19(5)6)15(4)11-18-20(7)10-9-14(2)3/h11,13-16H,8-10,12H2,1-7H3/b17-13?,18-11-/t15?,16-/m0/s1. The van der Waals surface area contributed by atoms with E-state index in [4.69, 9.17) is 0 Å². The van der Waals surface area contributed by atoms with Crippen LogP contribution in [-0.4, -0.2) is 56.7 Å². The van der Waals surface area contributed by atoms with E-state index in [1.165, 1.54) is 6.42 Å². The summed E-state index contributed by atoms with van der Waals surface area (Å²) in [5.74, 6) is 1.75. The summed E-state index contributed by atoms with van der Waals surface area (Å²) in [6.07, 6.45) is 6.29. The van der Waals surface area contributed by atoms with Crippen molar-refractivity contribution in [1.82, 2.24) is 9.91 Å². The molecule has 0 spiro atoms. The second-order valence-corrected chi connectivity index (χ2v) is 6.30. The van der Waals surface area contributed by atoms with Crippen molar-refractivity contribution in [2.75, 3.05) is 34.2 Å². The molecule has 0 aliphatic carbocycles. The predicted octanol–water partition coefficient (Wildman–Crippen LogP) is 3.20. The molecule has 0 saturated heterocycles. The van der Waals surface area contributed by atoms with E-state index in [9.17, 15) is 0 Å². The maximum absolute atomic E-state index is 4.55. The van der Waals surface area contributed by atoms with Crippen LogP contribution in [0.25, 0.3) is 0 Å². The molecule has 2 atom stereocenters. The summed E-state index contributed by atoms with van der Waals surface area (Å²) in [5, 5.41) is 6.60. The molecule has 0 aliphatic rings. The second kappa shape index (κ2) is 10.7. The van der Waals surface area contributed by atoms with Gasteiger partial charge in [-0.2, -0.15) is 5.10 Å². The summed E-state index contributed by atoms with van der Waals surface area (Å²) in [6, 6.07) is 0. The molecule has 1 unspecified atom stereocenters. The monoisotopic (exact) mass is 282 g/mol. The lowest BCUT2D eigenvalue weighted by Gasteiger charge is -2.19. The summed E-state index contributed by atoms with van der Waals surface area (Å²) in [5.41, 5.74) is 0. The molecule has 0 amide bonds. The minimum atomic E-state index is 0.459. The third-order valence-corrected chi connectivity index (χ3v) is 3.45. The first-order valence-electron chi connectivity index (χ1n) is 7.78. The lowest BCUT2D eigenvalue weighted by Crippen LogP contribution is -2.20. The fraction of sp³-hybridized carbons (Fsp3) is 0.875. The fourth-order valence-corrected chi connectivity index (χ4v) is 1.86. The van der Waals surface area contributed by atoms with Gasteiger partial charge in [-0.15, -0.1) is 0 Å². The van der Waals surface area contributed by atoms with Gasteiger partial charge in [0.1, 0.15) is 0 Å². The normalized spacial score (nSPS) is 15.2. The quantitative estimate of drug-likeness (QED) is 0.350. The molecule has 0 aromatic rings. The summed E-state index contributed by atoms with van der Waals surface area (Å²) in [4.78, 5) is 6.45. The van der Waals surface area contributed by atoms with Crippen molar-refractivity contribution in [2.24, 2.45) is 27.8 Å². The van der Waals surface area contributed by atoms with Crippen LogP contribution in [0.3, 0.4) is 0 Å². The molecule has 0 rings (SSSR count). The first kappa shape index (κ1) is 18.9. The summed E-state index contributed by atoms with van der Waals surface area (Å²) < 4.78 is 0. The Morgan fingerprint density at radius 2 is 1.75 bits per heavy atom. The molecule has 4 heteroatoms. The van der Waals surface area contributed by atoms with Gasteiger partial charge in [-0.1, -0.05) is 34.1 Å². The van der Waals surface area contributed by atoms with Crippen molar-refractivity contribution in [3.8, 4) is 0 Å². The van der Waals surface area contributed by atoms with Gasteiger partial charge in [-0.3, -0.25) is 4.99 Å². The van der Waals surface area contributed by atoms with Crippen molar-refractivity contribution < 1.29 is 0 Å². The van der Waals surface area contributed by atoms with Crippen molar-refractivity contribution in [1.29, 1.82) is 0 Å². The fourth-order valence-electron chi connectivity index (χ4n) is 1.86. The van der Waals surface area contributed by atoms with Crippen LogP contribution in [-0.2, 0) is 0 Å². The smallest absolute Gasteiger partial charge is 0.0844 e. The van der Waals surface area contributed by atoms with Crippen molar-refractivity contribution in [2.45, 2.75) is 40.5 Å². The molecule has 0 heterocycles. The van der Waals surface area contributed by atoms with Gasteiger partial charge in [-0.25, -0.2) is 0 Å². The van der Waals surface area contributed by atoms with E-state index in [-0.39, 0.29) is 0 Å². The SMILES string of the molecule is CC[C@@H](CN=CN(C)C)C(C)/C=N\N(C)CCC(C)C. The Labute approximate surface area is 125 Å². The van der Waals surface area contributed by atoms with Crippen LogP contribution in [0.4, 0.5) is 0 Å². The molecular weight excluding hydrogens is 248 g/mol. The van der Waals surface area contributed by atoms with E-state index in [1.807, 2.05) is 30.3 Å². The number of hydrazone groups is 1. The van der Waals surface area contributed by atoms with Crippen molar-refractivity contribution >= 4 is 12.6 Å². The zero-order valence-electron chi connectivity index (χ0n) is 14.5. The highest BCUT2D eigenvalue weighted by Crippen LogP contribution is 2.14. The minimum Gasteiger partial charge on any atom is -0.369 e. The van der Waals surface area contributed by atoms with Crippen LogP contribution in [0.5, 0.6) is 0 Å².